The summed E-state index contributed by atoms with van der Waals surface area (Å²) < 4.78 is 20.3. The molecule has 0 saturated carbocycles. The fraction of sp³-hybridized carbons (Fsp3) is 0.679. The molecule has 1 aromatic rings. The Kier molecular flexibility index (Phi) is 10.4. The van der Waals surface area contributed by atoms with Crippen molar-refractivity contribution >= 4 is 29.3 Å². The summed E-state index contributed by atoms with van der Waals surface area (Å²) in [5, 5.41) is 4.33. The lowest BCUT2D eigenvalue weighted by atomic mass is 9.94. The van der Waals surface area contributed by atoms with Crippen molar-refractivity contribution in [2.24, 2.45) is 5.92 Å². The van der Waals surface area contributed by atoms with Gasteiger partial charge >= 0.3 is 6.09 Å². The standard InChI is InChI=1S/C28H43FN6O4/c1-3-4-19-39-28(38)31-35-13-10-21(11-14-35)9-12-33-15-17-34(18-16-33)24-6-5-22(20-23(24)29)32(2)25-7-8-26(36)30-27(25)37/h5-6,20-21,25H,3-4,7-19H2,1-2H3,(H,31,38)(H,30,36,37). The van der Waals surface area contributed by atoms with E-state index in [1.54, 1.807) is 18.0 Å². The van der Waals surface area contributed by atoms with E-state index >= 15 is 4.39 Å². The summed E-state index contributed by atoms with van der Waals surface area (Å²) in [5.41, 5.74) is 4.06. The summed E-state index contributed by atoms with van der Waals surface area (Å²) in [4.78, 5) is 41.8. The Hall–Kier alpha value is -2.92. The third kappa shape index (κ3) is 8.04. The van der Waals surface area contributed by atoms with Gasteiger partial charge in [0, 0.05) is 58.4 Å². The van der Waals surface area contributed by atoms with E-state index in [1.165, 1.54) is 6.07 Å². The van der Waals surface area contributed by atoms with Crippen LogP contribution in [0.15, 0.2) is 18.2 Å². The first kappa shape index (κ1) is 29.1. The minimum Gasteiger partial charge on any atom is -0.449 e. The summed E-state index contributed by atoms with van der Waals surface area (Å²) >= 11 is 0. The normalized spacial score (nSPS) is 21.5. The number of piperazine rings is 1. The Balaban J connectivity index is 1.17. The smallest absolute Gasteiger partial charge is 0.421 e. The molecular weight excluding hydrogens is 503 g/mol. The molecule has 3 amide bonds. The largest absolute Gasteiger partial charge is 0.449 e. The SMILES string of the molecule is CCCCOC(=O)NN1CCC(CCN2CCN(c3ccc(N(C)C4CCC(=O)NC4=O)cc3F)CC2)CC1. The number of unbranched alkanes of at least 4 members (excludes halogenated alkanes) is 1. The zero-order valence-corrected chi connectivity index (χ0v) is 23.3. The number of amides is 3. The third-order valence-corrected chi connectivity index (χ3v) is 8.18. The van der Waals surface area contributed by atoms with Crippen LogP contribution in [0.1, 0.15) is 51.9 Å². The van der Waals surface area contributed by atoms with E-state index in [2.05, 4.69) is 27.5 Å². The zero-order valence-electron chi connectivity index (χ0n) is 23.3. The van der Waals surface area contributed by atoms with E-state index in [-0.39, 0.29) is 30.1 Å². The van der Waals surface area contributed by atoms with Gasteiger partial charge in [-0.25, -0.2) is 14.2 Å². The third-order valence-electron chi connectivity index (χ3n) is 8.18. The van der Waals surface area contributed by atoms with Gasteiger partial charge in [-0.2, -0.15) is 0 Å². The summed E-state index contributed by atoms with van der Waals surface area (Å²) in [6.07, 6.45) is 5.49. The number of hydrogen-bond acceptors (Lipinski definition) is 8. The number of hydrazine groups is 1. The van der Waals surface area contributed by atoms with E-state index in [0.29, 0.717) is 30.3 Å². The number of carbonyl (C=O) groups excluding carboxylic acids is 3. The minimum absolute atomic E-state index is 0.260. The second kappa shape index (κ2) is 13.9. The first-order chi connectivity index (χ1) is 18.8. The molecule has 3 aliphatic rings. The van der Waals surface area contributed by atoms with Gasteiger partial charge in [-0.3, -0.25) is 25.2 Å². The van der Waals surface area contributed by atoms with E-state index in [0.717, 1.165) is 77.9 Å². The van der Waals surface area contributed by atoms with Crippen molar-refractivity contribution in [3.63, 3.8) is 0 Å². The molecule has 0 radical (unpaired) electrons. The number of imide groups is 1. The van der Waals surface area contributed by atoms with Gasteiger partial charge in [0.2, 0.25) is 11.8 Å². The Morgan fingerprint density at radius 2 is 1.87 bits per heavy atom. The van der Waals surface area contributed by atoms with Crippen LogP contribution in [-0.4, -0.2) is 93.3 Å². The van der Waals surface area contributed by atoms with Crippen molar-refractivity contribution in [2.75, 3.05) is 69.3 Å². The number of piperidine rings is 2. The van der Waals surface area contributed by atoms with Crippen LogP contribution in [0.3, 0.4) is 0 Å². The molecule has 1 atom stereocenters. The van der Waals surface area contributed by atoms with Gasteiger partial charge in [-0.1, -0.05) is 13.3 Å². The van der Waals surface area contributed by atoms with E-state index in [4.69, 9.17) is 4.74 Å². The van der Waals surface area contributed by atoms with E-state index < -0.39 is 6.04 Å². The second-order valence-corrected chi connectivity index (χ2v) is 10.9. The maximum Gasteiger partial charge on any atom is 0.421 e. The van der Waals surface area contributed by atoms with Crippen molar-refractivity contribution in [3.8, 4) is 0 Å². The van der Waals surface area contributed by atoms with Gasteiger partial charge in [0.1, 0.15) is 11.9 Å². The van der Waals surface area contributed by atoms with Crippen LogP contribution >= 0.6 is 0 Å². The number of anilines is 2. The lowest BCUT2D eigenvalue weighted by Gasteiger charge is -2.38. The molecule has 216 valence electrons. The molecule has 39 heavy (non-hydrogen) atoms. The summed E-state index contributed by atoms with van der Waals surface area (Å²) in [7, 11) is 1.76. The van der Waals surface area contributed by atoms with Gasteiger partial charge in [-0.05, 0) is 62.8 Å². The molecule has 3 fully saturated rings. The summed E-state index contributed by atoms with van der Waals surface area (Å²) in [5.74, 6) is -0.248. The predicted molar refractivity (Wildman–Crippen MR) is 148 cm³/mol. The highest BCUT2D eigenvalue weighted by atomic mass is 19.1. The molecule has 0 aliphatic carbocycles. The Labute approximate surface area is 230 Å². The highest BCUT2D eigenvalue weighted by Gasteiger charge is 2.30. The average Bonchev–Trinajstić information content (AvgIpc) is 2.93. The van der Waals surface area contributed by atoms with Crippen LogP contribution < -0.4 is 20.5 Å². The minimum atomic E-state index is -0.480. The topological polar surface area (TPSA) is 97.5 Å². The quantitative estimate of drug-likeness (QED) is 0.342. The van der Waals surface area contributed by atoms with Crippen molar-refractivity contribution in [1.29, 1.82) is 0 Å². The molecule has 11 heteroatoms. The van der Waals surface area contributed by atoms with Crippen LogP contribution in [0.25, 0.3) is 0 Å². The van der Waals surface area contributed by atoms with Gasteiger partial charge in [0.15, 0.2) is 0 Å². The highest BCUT2D eigenvalue weighted by molar-refractivity contribution is 6.01. The van der Waals surface area contributed by atoms with Crippen LogP contribution in [0, 0.1) is 11.7 Å². The molecule has 0 aromatic heterocycles. The first-order valence-electron chi connectivity index (χ1n) is 14.4. The van der Waals surface area contributed by atoms with E-state index in [1.807, 2.05) is 11.1 Å². The summed E-state index contributed by atoms with van der Waals surface area (Å²) in [6.45, 7) is 8.56. The fourth-order valence-electron chi connectivity index (χ4n) is 5.58. The number of halogens is 1. The molecule has 4 rings (SSSR count). The maximum absolute atomic E-state index is 15.1. The molecule has 0 spiro atoms. The van der Waals surface area contributed by atoms with Gasteiger partial charge < -0.3 is 14.5 Å². The molecule has 3 aliphatic heterocycles. The van der Waals surface area contributed by atoms with Crippen molar-refractivity contribution < 1.29 is 23.5 Å². The second-order valence-electron chi connectivity index (χ2n) is 10.9. The number of carbonyl (C=O) groups is 3. The Bertz CT molecular complexity index is 994. The number of likely N-dealkylation sites (N-methyl/N-ethyl adjacent to an activating group) is 1. The molecule has 0 bridgehead atoms. The molecule has 1 aromatic carbocycles. The lowest BCUT2D eigenvalue weighted by Crippen LogP contribution is -2.51. The van der Waals surface area contributed by atoms with Crippen LogP contribution in [-0.2, 0) is 14.3 Å². The Morgan fingerprint density at radius 3 is 2.54 bits per heavy atom. The van der Waals surface area contributed by atoms with Crippen molar-refractivity contribution in [3.05, 3.63) is 24.0 Å². The number of rotatable bonds is 10. The average molecular weight is 547 g/mol. The van der Waals surface area contributed by atoms with Crippen LogP contribution in [0.4, 0.5) is 20.6 Å². The lowest BCUT2D eigenvalue weighted by molar-refractivity contribution is -0.134. The zero-order chi connectivity index (χ0) is 27.8. The van der Waals surface area contributed by atoms with Crippen LogP contribution in [0.5, 0.6) is 0 Å². The number of nitrogens with zero attached hydrogens (tertiary/aromatic N) is 4. The molecule has 10 nitrogen and oxygen atoms in total. The van der Waals surface area contributed by atoms with Gasteiger partial charge in [0.25, 0.3) is 0 Å². The predicted octanol–water partition coefficient (Wildman–Crippen LogP) is 2.73. The number of benzene rings is 1. The molecule has 2 N–H and O–H groups in total. The number of ether oxygens (including phenoxy) is 1. The number of nitrogens with one attached hydrogen (secondary N) is 2. The molecule has 1 unspecified atom stereocenters. The Morgan fingerprint density at radius 1 is 1.13 bits per heavy atom. The van der Waals surface area contributed by atoms with Crippen molar-refractivity contribution in [2.45, 2.75) is 57.9 Å². The maximum atomic E-state index is 15.1. The summed E-state index contributed by atoms with van der Waals surface area (Å²) in [6, 6.07) is 4.65. The fourth-order valence-corrected chi connectivity index (χ4v) is 5.58. The molecular formula is C28H43FN6O4. The van der Waals surface area contributed by atoms with Crippen molar-refractivity contribution in [1.82, 2.24) is 20.7 Å². The highest BCUT2D eigenvalue weighted by Crippen LogP contribution is 2.28. The molecule has 3 heterocycles. The number of hydrogen-bond donors (Lipinski definition) is 2. The first-order valence-corrected chi connectivity index (χ1v) is 14.4. The van der Waals surface area contributed by atoms with Crippen LogP contribution in [0.2, 0.25) is 0 Å². The molecule has 3 saturated heterocycles. The van der Waals surface area contributed by atoms with E-state index in [9.17, 15) is 14.4 Å². The monoisotopic (exact) mass is 546 g/mol. The van der Waals surface area contributed by atoms with Gasteiger partial charge in [0.05, 0.1) is 12.3 Å². The van der Waals surface area contributed by atoms with Gasteiger partial charge in [-0.15, -0.1) is 0 Å².